The standard InChI is InChI=1S/C13H12BrClO2/c1-2-11(16)13-6-5-12(17-13)9-7-8(14)3-4-10(9)15/h3-7,11,16H,2H2,1H3. The molecule has 1 N–H and O–H groups in total. The fourth-order valence-electron chi connectivity index (χ4n) is 1.56. The van der Waals surface area contributed by atoms with Gasteiger partial charge in [-0.15, -0.1) is 0 Å². The highest BCUT2D eigenvalue weighted by atomic mass is 79.9. The predicted octanol–water partition coefficient (Wildman–Crippen LogP) is 4.81. The van der Waals surface area contributed by atoms with Crippen molar-refractivity contribution in [2.45, 2.75) is 19.4 Å². The van der Waals surface area contributed by atoms with Crippen LogP contribution in [0.15, 0.2) is 39.2 Å². The van der Waals surface area contributed by atoms with Crippen LogP contribution in [0, 0.1) is 0 Å². The van der Waals surface area contributed by atoms with Crippen molar-refractivity contribution in [2.24, 2.45) is 0 Å². The van der Waals surface area contributed by atoms with Gasteiger partial charge in [0.25, 0.3) is 0 Å². The Hall–Kier alpha value is -0.770. The van der Waals surface area contributed by atoms with E-state index in [-0.39, 0.29) is 0 Å². The summed E-state index contributed by atoms with van der Waals surface area (Å²) in [5, 5.41) is 10.3. The predicted molar refractivity (Wildman–Crippen MR) is 72.1 cm³/mol. The number of aliphatic hydroxyl groups is 1. The lowest BCUT2D eigenvalue weighted by molar-refractivity contribution is 0.147. The van der Waals surface area contributed by atoms with Crippen LogP contribution in [0.5, 0.6) is 0 Å². The first kappa shape index (κ1) is 12.7. The van der Waals surface area contributed by atoms with Crippen LogP contribution in [0.25, 0.3) is 11.3 Å². The molecule has 0 amide bonds. The van der Waals surface area contributed by atoms with E-state index in [1.54, 1.807) is 12.1 Å². The molecule has 0 fully saturated rings. The minimum absolute atomic E-state index is 0.560. The Morgan fingerprint density at radius 2 is 2.12 bits per heavy atom. The highest BCUT2D eigenvalue weighted by Gasteiger charge is 2.13. The monoisotopic (exact) mass is 314 g/mol. The lowest BCUT2D eigenvalue weighted by Gasteiger charge is -2.04. The zero-order valence-electron chi connectivity index (χ0n) is 9.28. The lowest BCUT2D eigenvalue weighted by atomic mass is 10.2. The molecule has 0 aliphatic carbocycles. The van der Waals surface area contributed by atoms with Gasteiger partial charge in [0.1, 0.15) is 17.6 Å². The van der Waals surface area contributed by atoms with E-state index >= 15 is 0 Å². The Morgan fingerprint density at radius 1 is 1.35 bits per heavy atom. The Balaban J connectivity index is 2.40. The van der Waals surface area contributed by atoms with Gasteiger partial charge in [-0.05, 0) is 36.8 Å². The second kappa shape index (κ2) is 5.25. The van der Waals surface area contributed by atoms with Gasteiger partial charge in [0.05, 0.1) is 5.02 Å². The SMILES string of the molecule is CCC(O)c1ccc(-c2cc(Br)ccc2Cl)o1. The second-order valence-electron chi connectivity index (χ2n) is 3.75. The molecule has 17 heavy (non-hydrogen) atoms. The molecule has 1 unspecified atom stereocenters. The number of hydrogen-bond acceptors (Lipinski definition) is 2. The van der Waals surface area contributed by atoms with E-state index in [1.165, 1.54) is 0 Å². The molecule has 0 aliphatic heterocycles. The maximum absolute atomic E-state index is 9.68. The van der Waals surface area contributed by atoms with Crippen LogP contribution in [0.4, 0.5) is 0 Å². The molecule has 0 radical (unpaired) electrons. The molecule has 1 atom stereocenters. The van der Waals surface area contributed by atoms with Gasteiger partial charge in [-0.25, -0.2) is 0 Å². The summed E-state index contributed by atoms with van der Waals surface area (Å²) in [6.07, 6.45) is 0.0637. The molecule has 1 heterocycles. The number of furan rings is 1. The van der Waals surface area contributed by atoms with Gasteiger partial charge >= 0.3 is 0 Å². The molecule has 2 aromatic rings. The van der Waals surface area contributed by atoms with E-state index in [1.807, 2.05) is 25.1 Å². The fraction of sp³-hybridized carbons (Fsp3) is 0.231. The van der Waals surface area contributed by atoms with Gasteiger partial charge in [-0.1, -0.05) is 34.5 Å². The molecule has 2 nitrogen and oxygen atoms in total. The molecule has 0 saturated heterocycles. The average Bonchev–Trinajstić information content (AvgIpc) is 2.80. The molecule has 0 saturated carbocycles. The summed E-state index contributed by atoms with van der Waals surface area (Å²) in [5.74, 6) is 1.23. The molecule has 0 aliphatic rings. The Kier molecular flexibility index (Phi) is 3.92. The number of aliphatic hydroxyl groups excluding tert-OH is 1. The normalized spacial score (nSPS) is 12.7. The Morgan fingerprint density at radius 3 is 2.82 bits per heavy atom. The molecule has 0 spiro atoms. The van der Waals surface area contributed by atoms with Crippen molar-refractivity contribution in [3.63, 3.8) is 0 Å². The maximum atomic E-state index is 9.68. The fourth-order valence-corrected chi connectivity index (χ4v) is 2.14. The summed E-state index contributed by atoms with van der Waals surface area (Å²) in [6, 6.07) is 9.17. The molecule has 2 rings (SSSR count). The van der Waals surface area contributed by atoms with Crippen molar-refractivity contribution in [3.8, 4) is 11.3 Å². The summed E-state index contributed by atoms with van der Waals surface area (Å²) in [4.78, 5) is 0. The van der Waals surface area contributed by atoms with Gasteiger partial charge in [0.2, 0.25) is 0 Å². The quantitative estimate of drug-likeness (QED) is 0.882. The summed E-state index contributed by atoms with van der Waals surface area (Å²) < 4.78 is 6.54. The van der Waals surface area contributed by atoms with Crippen LogP contribution in [-0.2, 0) is 0 Å². The lowest BCUT2D eigenvalue weighted by Crippen LogP contribution is -1.91. The van der Waals surface area contributed by atoms with E-state index in [9.17, 15) is 5.11 Å². The third kappa shape index (κ3) is 2.73. The molecule has 0 bridgehead atoms. The number of rotatable bonds is 3. The highest BCUT2D eigenvalue weighted by molar-refractivity contribution is 9.10. The van der Waals surface area contributed by atoms with Crippen molar-refractivity contribution in [3.05, 3.63) is 45.6 Å². The minimum atomic E-state index is -0.560. The van der Waals surface area contributed by atoms with Gasteiger partial charge in [0.15, 0.2) is 0 Å². The average molecular weight is 316 g/mol. The Bertz CT molecular complexity index is 522. The summed E-state index contributed by atoms with van der Waals surface area (Å²) in [6.45, 7) is 1.90. The third-order valence-electron chi connectivity index (χ3n) is 2.54. The van der Waals surface area contributed by atoms with Crippen LogP contribution >= 0.6 is 27.5 Å². The van der Waals surface area contributed by atoms with Gasteiger partial charge in [0, 0.05) is 10.0 Å². The van der Waals surface area contributed by atoms with Gasteiger partial charge in [-0.3, -0.25) is 0 Å². The largest absolute Gasteiger partial charge is 0.458 e. The summed E-state index contributed by atoms with van der Waals surface area (Å²) in [5.41, 5.74) is 0.815. The number of halogens is 2. The van der Waals surface area contributed by atoms with Crippen molar-refractivity contribution >= 4 is 27.5 Å². The van der Waals surface area contributed by atoms with Crippen LogP contribution in [0.1, 0.15) is 25.2 Å². The minimum Gasteiger partial charge on any atom is -0.458 e. The van der Waals surface area contributed by atoms with E-state index < -0.39 is 6.10 Å². The smallest absolute Gasteiger partial charge is 0.135 e. The first-order valence-corrected chi connectivity index (χ1v) is 6.52. The third-order valence-corrected chi connectivity index (χ3v) is 3.36. The highest BCUT2D eigenvalue weighted by Crippen LogP contribution is 2.33. The van der Waals surface area contributed by atoms with Crippen molar-refractivity contribution in [1.29, 1.82) is 0 Å². The number of benzene rings is 1. The van der Waals surface area contributed by atoms with Gasteiger partial charge < -0.3 is 9.52 Å². The van der Waals surface area contributed by atoms with Gasteiger partial charge in [-0.2, -0.15) is 0 Å². The molecular weight excluding hydrogens is 303 g/mol. The first-order chi connectivity index (χ1) is 8.11. The Labute approximate surface area is 113 Å². The molecule has 90 valence electrons. The molecular formula is C13H12BrClO2. The number of hydrogen-bond donors (Lipinski definition) is 1. The zero-order valence-corrected chi connectivity index (χ0v) is 11.6. The van der Waals surface area contributed by atoms with Crippen LogP contribution in [0.2, 0.25) is 5.02 Å². The van der Waals surface area contributed by atoms with E-state index in [4.69, 9.17) is 16.0 Å². The van der Waals surface area contributed by atoms with E-state index in [2.05, 4.69) is 15.9 Å². The zero-order chi connectivity index (χ0) is 12.4. The van der Waals surface area contributed by atoms with Crippen LogP contribution < -0.4 is 0 Å². The summed E-state index contributed by atoms with van der Waals surface area (Å²) >= 11 is 9.50. The van der Waals surface area contributed by atoms with Crippen molar-refractivity contribution in [1.82, 2.24) is 0 Å². The van der Waals surface area contributed by atoms with E-state index in [0.29, 0.717) is 23.0 Å². The van der Waals surface area contributed by atoms with Crippen molar-refractivity contribution in [2.75, 3.05) is 0 Å². The first-order valence-electron chi connectivity index (χ1n) is 5.35. The molecule has 1 aromatic carbocycles. The topological polar surface area (TPSA) is 33.4 Å². The van der Waals surface area contributed by atoms with Crippen LogP contribution in [0.3, 0.4) is 0 Å². The van der Waals surface area contributed by atoms with Crippen LogP contribution in [-0.4, -0.2) is 5.11 Å². The second-order valence-corrected chi connectivity index (χ2v) is 5.07. The molecule has 4 heteroatoms. The maximum Gasteiger partial charge on any atom is 0.135 e. The van der Waals surface area contributed by atoms with Crippen molar-refractivity contribution < 1.29 is 9.52 Å². The van der Waals surface area contributed by atoms with E-state index in [0.717, 1.165) is 10.0 Å². The molecule has 1 aromatic heterocycles. The summed E-state index contributed by atoms with van der Waals surface area (Å²) in [7, 11) is 0.